The lowest BCUT2D eigenvalue weighted by atomic mass is 10.2. The van der Waals surface area contributed by atoms with E-state index in [4.69, 9.17) is 0 Å². The minimum Gasteiger partial charge on any atom is -0.288 e. The van der Waals surface area contributed by atoms with Gasteiger partial charge in [0, 0.05) is 22.1 Å². The van der Waals surface area contributed by atoms with Gasteiger partial charge in [-0.25, -0.2) is 0 Å². The predicted molar refractivity (Wildman–Crippen MR) is 81.0 cm³/mol. The van der Waals surface area contributed by atoms with Gasteiger partial charge < -0.3 is 0 Å². The van der Waals surface area contributed by atoms with Gasteiger partial charge in [-0.3, -0.25) is 9.48 Å². The summed E-state index contributed by atoms with van der Waals surface area (Å²) in [4.78, 5) is 13.0. The first-order valence-corrected chi connectivity index (χ1v) is 7.71. The van der Waals surface area contributed by atoms with E-state index in [0.717, 1.165) is 13.1 Å². The van der Waals surface area contributed by atoms with Crippen molar-refractivity contribution in [3.8, 4) is 0 Å². The molecule has 6 heteroatoms. The van der Waals surface area contributed by atoms with Crippen molar-refractivity contribution in [2.75, 3.05) is 0 Å². The van der Waals surface area contributed by atoms with Crippen LogP contribution < -0.4 is 0 Å². The molecular formula is C12H10Br2N2OS. The molecule has 18 heavy (non-hydrogen) atoms. The smallest absolute Gasteiger partial charge is 0.203 e. The van der Waals surface area contributed by atoms with E-state index in [9.17, 15) is 4.79 Å². The molecule has 0 aromatic carbocycles. The van der Waals surface area contributed by atoms with Crippen LogP contribution in [0.3, 0.4) is 0 Å². The maximum absolute atomic E-state index is 12.0. The van der Waals surface area contributed by atoms with E-state index in [1.165, 1.54) is 0 Å². The molecule has 0 atom stereocenters. The first kappa shape index (κ1) is 13.7. The summed E-state index contributed by atoms with van der Waals surface area (Å²) in [6.07, 6.45) is 5.03. The second kappa shape index (κ2) is 5.95. The van der Waals surface area contributed by atoms with E-state index in [0.29, 0.717) is 12.2 Å². The molecule has 0 N–H and O–H groups in total. The fourth-order valence-electron chi connectivity index (χ4n) is 1.48. The van der Waals surface area contributed by atoms with Gasteiger partial charge >= 0.3 is 0 Å². The third kappa shape index (κ3) is 2.99. The molecule has 0 aliphatic rings. The molecule has 0 aliphatic carbocycles. The van der Waals surface area contributed by atoms with Gasteiger partial charge in [-0.2, -0.15) is 5.10 Å². The number of carbonyl (C=O) groups excluding carboxylic acids is 1. The average molecular weight is 390 g/mol. The summed E-state index contributed by atoms with van der Waals surface area (Å²) in [5.74, 6) is -0.0324. The molecule has 0 fully saturated rings. The van der Waals surface area contributed by atoms with Crippen molar-refractivity contribution in [1.29, 1.82) is 0 Å². The normalized spacial score (nSPS) is 11.3. The van der Waals surface area contributed by atoms with Crippen molar-refractivity contribution < 1.29 is 4.79 Å². The van der Waals surface area contributed by atoms with Gasteiger partial charge in [0.05, 0.1) is 3.79 Å². The third-order valence-electron chi connectivity index (χ3n) is 2.33. The molecule has 2 aromatic rings. The van der Waals surface area contributed by atoms with Crippen molar-refractivity contribution in [2.24, 2.45) is 0 Å². The summed E-state index contributed by atoms with van der Waals surface area (Å²) in [5, 5.41) is 4.08. The Morgan fingerprint density at radius 2 is 2.33 bits per heavy atom. The lowest BCUT2D eigenvalue weighted by molar-refractivity contribution is 0.103. The highest BCUT2D eigenvalue weighted by Crippen LogP contribution is 2.33. The van der Waals surface area contributed by atoms with Crippen LogP contribution in [-0.4, -0.2) is 15.6 Å². The maximum Gasteiger partial charge on any atom is 0.203 e. The van der Waals surface area contributed by atoms with Crippen LogP contribution in [-0.2, 0) is 6.54 Å². The number of carbonyl (C=O) groups is 1. The molecule has 0 saturated heterocycles. The Bertz CT molecular complexity index is 581. The molecule has 2 heterocycles. The number of allylic oxidation sites excluding steroid dienone is 1. The van der Waals surface area contributed by atoms with Crippen molar-refractivity contribution in [2.45, 2.75) is 13.5 Å². The number of aryl methyl sites for hydroxylation is 1. The fraction of sp³-hybridized carbons (Fsp3) is 0.167. The summed E-state index contributed by atoms with van der Waals surface area (Å²) >= 11 is 8.41. The van der Waals surface area contributed by atoms with Gasteiger partial charge in [0.25, 0.3) is 0 Å². The van der Waals surface area contributed by atoms with Crippen molar-refractivity contribution in [3.05, 3.63) is 43.2 Å². The Morgan fingerprint density at radius 3 is 2.94 bits per heavy atom. The number of nitrogens with zero attached hydrogens (tertiary/aromatic N) is 2. The Balaban J connectivity index is 2.16. The summed E-state index contributed by atoms with van der Waals surface area (Å²) < 4.78 is 3.71. The Labute approximate surface area is 126 Å². The van der Waals surface area contributed by atoms with Crippen LogP contribution in [0.4, 0.5) is 0 Å². The second-order valence-corrected chi connectivity index (χ2v) is 6.76. The van der Waals surface area contributed by atoms with Gasteiger partial charge in [0.1, 0.15) is 5.69 Å². The molecular weight excluding hydrogens is 380 g/mol. The SMILES string of the molecule is CCn1nccc1C(=O)/C=C/c1cc(Br)c(Br)s1. The lowest BCUT2D eigenvalue weighted by Crippen LogP contribution is -2.06. The van der Waals surface area contributed by atoms with Crippen LogP contribution >= 0.6 is 43.2 Å². The van der Waals surface area contributed by atoms with Gasteiger partial charge in [-0.15, -0.1) is 11.3 Å². The van der Waals surface area contributed by atoms with Crippen LogP contribution in [0.2, 0.25) is 0 Å². The number of rotatable bonds is 4. The molecule has 0 saturated carbocycles. The number of hydrogen-bond acceptors (Lipinski definition) is 3. The topological polar surface area (TPSA) is 34.9 Å². The molecule has 2 aromatic heterocycles. The van der Waals surface area contributed by atoms with Crippen molar-refractivity contribution >= 4 is 55.1 Å². The molecule has 0 aliphatic heterocycles. The number of hydrogen-bond donors (Lipinski definition) is 0. The minimum absolute atomic E-state index is 0.0324. The quantitative estimate of drug-likeness (QED) is 0.574. The zero-order valence-corrected chi connectivity index (χ0v) is 13.5. The lowest BCUT2D eigenvalue weighted by Gasteiger charge is -1.99. The summed E-state index contributed by atoms with van der Waals surface area (Å²) in [6, 6.07) is 3.70. The van der Waals surface area contributed by atoms with Crippen LogP contribution in [0, 0.1) is 0 Å². The van der Waals surface area contributed by atoms with Crippen LogP contribution in [0.25, 0.3) is 6.08 Å². The summed E-state index contributed by atoms with van der Waals surface area (Å²) in [6.45, 7) is 2.65. The van der Waals surface area contributed by atoms with Gasteiger partial charge in [0.15, 0.2) is 0 Å². The zero-order chi connectivity index (χ0) is 13.1. The number of aromatic nitrogens is 2. The molecule has 0 bridgehead atoms. The van der Waals surface area contributed by atoms with E-state index in [1.54, 1.807) is 34.4 Å². The van der Waals surface area contributed by atoms with E-state index < -0.39 is 0 Å². The molecule has 0 unspecified atom stereocenters. The Hall–Kier alpha value is -0.720. The van der Waals surface area contributed by atoms with Crippen LogP contribution in [0.1, 0.15) is 22.3 Å². The minimum atomic E-state index is -0.0324. The highest BCUT2D eigenvalue weighted by Gasteiger charge is 2.08. The van der Waals surface area contributed by atoms with Gasteiger partial charge in [-0.05, 0) is 63.1 Å². The number of thiophene rings is 1. The first-order valence-electron chi connectivity index (χ1n) is 5.31. The number of halogens is 2. The summed E-state index contributed by atoms with van der Waals surface area (Å²) in [7, 11) is 0. The van der Waals surface area contributed by atoms with Gasteiger partial charge in [-0.1, -0.05) is 0 Å². The van der Waals surface area contributed by atoms with E-state index >= 15 is 0 Å². The van der Waals surface area contributed by atoms with E-state index in [1.807, 2.05) is 19.1 Å². The molecule has 2 rings (SSSR count). The molecule has 3 nitrogen and oxygen atoms in total. The molecule has 94 valence electrons. The van der Waals surface area contributed by atoms with E-state index in [-0.39, 0.29) is 5.78 Å². The molecule has 0 amide bonds. The number of ketones is 1. The van der Waals surface area contributed by atoms with Gasteiger partial charge in [0.2, 0.25) is 5.78 Å². The van der Waals surface area contributed by atoms with Crippen molar-refractivity contribution in [3.63, 3.8) is 0 Å². The van der Waals surface area contributed by atoms with Crippen LogP contribution in [0.15, 0.2) is 32.7 Å². The fourth-order valence-corrected chi connectivity index (χ4v) is 3.48. The average Bonchev–Trinajstić information content (AvgIpc) is 2.94. The summed E-state index contributed by atoms with van der Waals surface area (Å²) in [5.41, 5.74) is 0.614. The Morgan fingerprint density at radius 1 is 1.56 bits per heavy atom. The second-order valence-electron chi connectivity index (χ2n) is 3.50. The Kier molecular flexibility index (Phi) is 4.53. The third-order valence-corrected chi connectivity index (χ3v) is 5.55. The standard InChI is InChI=1S/C12H10Br2N2OS/c1-2-16-10(5-6-15-16)11(17)4-3-8-7-9(13)12(14)18-8/h3-7H,2H2,1H3/b4-3+. The molecule has 0 radical (unpaired) electrons. The largest absolute Gasteiger partial charge is 0.288 e. The maximum atomic E-state index is 12.0. The highest BCUT2D eigenvalue weighted by atomic mass is 79.9. The molecule has 0 spiro atoms. The highest BCUT2D eigenvalue weighted by molar-refractivity contribution is 9.13. The van der Waals surface area contributed by atoms with Crippen molar-refractivity contribution in [1.82, 2.24) is 9.78 Å². The first-order chi connectivity index (χ1) is 8.61. The zero-order valence-electron chi connectivity index (χ0n) is 9.56. The monoisotopic (exact) mass is 388 g/mol. The predicted octanol–water partition coefficient (Wildman–Crippen LogP) is 4.39. The van der Waals surface area contributed by atoms with Crippen LogP contribution in [0.5, 0.6) is 0 Å². The van der Waals surface area contributed by atoms with E-state index in [2.05, 4.69) is 37.0 Å².